The zero-order valence-corrected chi connectivity index (χ0v) is 34.2. The molecule has 2 heterocycles. The predicted molar refractivity (Wildman–Crippen MR) is 218 cm³/mol. The third kappa shape index (κ3) is 7.01. The molecule has 4 saturated carbocycles. The van der Waals surface area contributed by atoms with E-state index in [9.17, 15) is 29.7 Å². The van der Waals surface area contributed by atoms with Gasteiger partial charge in [0.25, 0.3) is 0 Å². The number of Topliss-reactive ketones (excluding diaryl/α,β-unsaturated/α-hetero) is 2. The molecule has 8 atom stereocenters. The van der Waals surface area contributed by atoms with Crippen molar-refractivity contribution in [1.29, 1.82) is 0 Å². The van der Waals surface area contributed by atoms with Gasteiger partial charge >= 0.3 is 17.7 Å². The summed E-state index contributed by atoms with van der Waals surface area (Å²) in [4.78, 5) is 62.4. The molecule has 1 amide bonds. The summed E-state index contributed by atoms with van der Waals surface area (Å²) in [7, 11) is 0. The van der Waals surface area contributed by atoms with Crippen molar-refractivity contribution in [1.82, 2.24) is 19.9 Å². The predicted octanol–water partition coefficient (Wildman–Crippen LogP) is 9.04. The molecule has 0 radical (unpaired) electrons. The quantitative estimate of drug-likeness (QED) is 0.111. The van der Waals surface area contributed by atoms with E-state index in [1.807, 2.05) is 18.2 Å². The minimum atomic E-state index is -0.536. The van der Waals surface area contributed by atoms with E-state index in [1.54, 1.807) is 0 Å². The number of hydrogen-bond donors (Lipinski definition) is 1. The van der Waals surface area contributed by atoms with Gasteiger partial charge in [0.2, 0.25) is 5.91 Å². The molecule has 0 aliphatic heterocycles. The summed E-state index contributed by atoms with van der Waals surface area (Å²) in [5.74, 6) is 5.04. The summed E-state index contributed by atoms with van der Waals surface area (Å²) >= 11 is 0. The first-order valence-corrected chi connectivity index (χ1v) is 21.3. The monoisotopic (exact) mass is 814 g/mol. The molecule has 1 N–H and O–H groups in total. The summed E-state index contributed by atoms with van der Waals surface area (Å²) < 4.78 is 11.5. The van der Waals surface area contributed by atoms with E-state index in [0.717, 1.165) is 89.4 Å². The Labute approximate surface area is 348 Å². The van der Waals surface area contributed by atoms with Gasteiger partial charge in [-0.15, -0.1) is 0 Å². The molecular formula is C46H50N6O8. The van der Waals surface area contributed by atoms with Gasteiger partial charge in [-0.05, 0) is 146 Å². The summed E-state index contributed by atoms with van der Waals surface area (Å²) in [5, 5.41) is 20.8. The fraction of sp³-hybridized carbons (Fsp3) is 0.500. The van der Waals surface area contributed by atoms with Crippen molar-refractivity contribution < 1.29 is 34.0 Å². The van der Waals surface area contributed by atoms with Crippen molar-refractivity contribution >= 4 is 28.8 Å². The molecule has 6 aliphatic carbocycles. The first kappa shape index (κ1) is 39.8. The molecule has 60 heavy (non-hydrogen) atoms. The second-order valence-corrected chi connectivity index (χ2v) is 18.1. The molecule has 14 heteroatoms. The van der Waals surface area contributed by atoms with Crippen LogP contribution in [0, 0.1) is 44.6 Å². The molecule has 2 aromatic heterocycles. The maximum atomic E-state index is 12.5. The first-order valence-electron chi connectivity index (χ1n) is 21.3. The number of anilines is 1. The van der Waals surface area contributed by atoms with Crippen molar-refractivity contribution in [3.63, 3.8) is 0 Å². The van der Waals surface area contributed by atoms with E-state index in [0.29, 0.717) is 63.6 Å². The average Bonchev–Trinajstić information content (AvgIpc) is 3.73. The van der Waals surface area contributed by atoms with Gasteiger partial charge in [-0.1, -0.05) is 26.0 Å². The number of carbonyl (C=O) groups is 3. The molecule has 0 saturated heterocycles. The van der Waals surface area contributed by atoms with Crippen molar-refractivity contribution in [2.24, 2.45) is 34.5 Å². The lowest BCUT2D eigenvalue weighted by Gasteiger charge is -2.48. The van der Waals surface area contributed by atoms with Crippen LogP contribution in [0.25, 0.3) is 0 Å². The highest BCUT2D eigenvalue weighted by Gasteiger charge is 2.55. The number of rotatable bonds is 6. The number of benzene rings is 2. The van der Waals surface area contributed by atoms with Crippen LogP contribution in [0.3, 0.4) is 0 Å². The second kappa shape index (κ2) is 15.4. The van der Waals surface area contributed by atoms with Gasteiger partial charge in [-0.25, -0.2) is 9.97 Å². The first-order chi connectivity index (χ1) is 28.8. The number of hydroxylamine groups is 1. The smallest absolute Gasteiger partial charge is 0.322 e. The van der Waals surface area contributed by atoms with E-state index < -0.39 is 10.8 Å². The number of nitrogens with zero attached hydrogens (tertiary/aromatic N) is 6. The van der Waals surface area contributed by atoms with Gasteiger partial charge in [0, 0.05) is 30.6 Å². The van der Waals surface area contributed by atoms with Crippen molar-refractivity contribution in [3.8, 4) is 23.5 Å². The summed E-state index contributed by atoms with van der Waals surface area (Å²) in [5.41, 5.74) is 5.21. The lowest BCUT2D eigenvalue weighted by Crippen LogP contribution is -2.42. The lowest BCUT2D eigenvalue weighted by atomic mass is 9.55. The van der Waals surface area contributed by atoms with Crippen LogP contribution in [0.1, 0.15) is 119 Å². The Hall–Kier alpha value is -5.63. The fourth-order valence-electron chi connectivity index (χ4n) is 12.1. The Morgan fingerprint density at radius 2 is 1.17 bits per heavy atom. The van der Waals surface area contributed by atoms with Crippen molar-refractivity contribution in [3.05, 3.63) is 93.6 Å². The van der Waals surface area contributed by atoms with Crippen LogP contribution >= 0.6 is 0 Å². The molecule has 2 unspecified atom stereocenters. The normalized spacial score (nSPS) is 29.6. The van der Waals surface area contributed by atoms with Crippen LogP contribution < -0.4 is 14.5 Å². The number of carbonyl (C=O) groups excluding carboxylic acids is 3. The van der Waals surface area contributed by atoms with Crippen LogP contribution in [-0.4, -0.2) is 47.5 Å². The van der Waals surface area contributed by atoms with Gasteiger partial charge < -0.3 is 9.47 Å². The minimum absolute atomic E-state index is 0.0992. The molecule has 2 aromatic carbocycles. The van der Waals surface area contributed by atoms with E-state index >= 15 is 0 Å². The SMILES string of the molecule is CC(=O)N(O)c1cnc(Oc2ccc3c(c2)CCC2[C@@H]3CC[C@]3(C)C(=O)CC[C@@H]23)nc1.C[C@]12CC[C@@H]3c4ccc(Oc5ncc([N+](=O)[O-])cn5)cc4CCC3[C@@H]1CCC2=O. The molecule has 312 valence electrons. The molecular weight excluding hydrogens is 765 g/mol. The number of nitro groups is 1. The van der Waals surface area contributed by atoms with Gasteiger partial charge in [0.15, 0.2) is 0 Å². The number of amides is 1. The highest BCUT2D eigenvalue weighted by atomic mass is 16.6. The number of fused-ring (bicyclic) bond motifs is 10. The van der Waals surface area contributed by atoms with E-state index in [2.05, 4.69) is 52.0 Å². The van der Waals surface area contributed by atoms with Crippen molar-refractivity contribution in [2.45, 2.75) is 110 Å². The summed E-state index contributed by atoms with van der Waals surface area (Å²) in [6, 6.07) is 12.6. The van der Waals surface area contributed by atoms with E-state index in [-0.39, 0.29) is 34.2 Å². The highest BCUT2D eigenvalue weighted by molar-refractivity contribution is 5.89. The largest absolute Gasteiger partial charge is 0.424 e. The van der Waals surface area contributed by atoms with Gasteiger partial charge in [-0.2, -0.15) is 15.0 Å². The topological polar surface area (TPSA) is 188 Å². The molecule has 0 bridgehead atoms. The maximum absolute atomic E-state index is 12.5. The zero-order chi connectivity index (χ0) is 41.9. The van der Waals surface area contributed by atoms with Crippen LogP contribution in [0.2, 0.25) is 0 Å². The number of ether oxygens (including phenoxy) is 2. The zero-order valence-electron chi connectivity index (χ0n) is 34.2. The van der Waals surface area contributed by atoms with Crippen LogP contribution in [0.4, 0.5) is 11.4 Å². The standard InChI is InChI=1S/C24H27N3O4.C22H23N3O4/c1-14(28)27(30)16-12-25-23(26-13-16)31-17-4-6-18-15(11-17)3-5-20-19(18)9-10-24(2)21(20)7-8-22(24)29;1-22-9-8-17-16-5-3-15(29-21-23-11-14(12-24-21)25(27)28)10-13(16)2-4-18(17)19(22)6-7-20(22)26/h4,6,11-13,19-21,30H,3,5,7-10H2,1-2H3;3,5,10-12,17-19H,2,4,6-9H2,1H3/t19-,20?,21+,24+;17-,18?,19+,22+/m11/s1. The Balaban J connectivity index is 0.000000154. The number of ketones is 2. The van der Waals surface area contributed by atoms with Crippen LogP contribution in [-0.2, 0) is 27.2 Å². The number of hydrogen-bond acceptors (Lipinski definition) is 12. The van der Waals surface area contributed by atoms with Gasteiger partial charge in [0.05, 0.1) is 17.3 Å². The summed E-state index contributed by atoms with van der Waals surface area (Å²) in [6.07, 6.45) is 16.9. The molecule has 14 nitrogen and oxygen atoms in total. The number of aromatic nitrogens is 4. The third-order valence-electron chi connectivity index (χ3n) is 15.2. The van der Waals surface area contributed by atoms with Gasteiger partial charge in [-0.3, -0.25) is 29.7 Å². The molecule has 0 spiro atoms. The Morgan fingerprint density at radius 1 is 0.717 bits per heavy atom. The summed E-state index contributed by atoms with van der Waals surface area (Å²) in [6.45, 7) is 5.65. The van der Waals surface area contributed by atoms with Gasteiger partial charge in [0.1, 0.15) is 41.1 Å². The second-order valence-electron chi connectivity index (χ2n) is 18.1. The third-order valence-corrected chi connectivity index (χ3v) is 15.2. The minimum Gasteiger partial charge on any atom is -0.424 e. The van der Waals surface area contributed by atoms with Crippen LogP contribution in [0.15, 0.2) is 61.2 Å². The Morgan fingerprint density at radius 3 is 1.60 bits per heavy atom. The molecule has 4 aromatic rings. The number of aryl methyl sites for hydroxylation is 2. The molecule has 6 aliphatic rings. The van der Waals surface area contributed by atoms with Crippen LogP contribution in [0.5, 0.6) is 23.5 Å². The fourth-order valence-corrected chi connectivity index (χ4v) is 12.1. The molecule has 10 rings (SSSR count). The highest BCUT2D eigenvalue weighted by Crippen LogP contribution is 2.61. The van der Waals surface area contributed by atoms with E-state index in [4.69, 9.17) is 9.47 Å². The molecule has 4 fully saturated rings. The average molecular weight is 815 g/mol. The lowest BCUT2D eigenvalue weighted by molar-refractivity contribution is -0.385. The van der Waals surface area contributed by atoms with E-state index in [1.165, 1.54) is 41.6 Å². The Kier molecular flexibility index (Phi) is 10.2. The maximum Gasteiger partial charge on any atom is 0.322 e. The Bertz CT molecular complexity index is 2360. The van der Waals surface area contributed by atoms with Crippen molar-refractivity contribution in [2.75, 3.05) is 5.06 Å².